The topological polar surface area (TPSA) is 18.5 Å². The van der Waals surface area contributed by atoms with E-state index in [-0.39, 0.29) is 11.5 Å². The Kier molecular flexibility index (Phi) is 5.27. The minimum Gasteiger partial charge on any atom is -0.348 e. The SMILES string of the molecule is CCCC1COC(c2cc(F)c(C(F)(F)Br)c(F)c2)OC1. The maximum Gasteiger partial charge on any atom is 0.332 e. The van der Waals surface area contributed by atoms with E-state index in [2.05, 4.69) is 0 Å². The molecule has 21 heavy (non-hydrogen) atoms. The normalized spacial score (nSPS) is 23.3. The van der Waals surface area contributed by atoms with Crippen molar-refractivity contribution in [2.75, 3.05) is 13.2 Å². The maximum atomic E-state index is 13.7. The van der Waals surface area contributed by atoms with Gasteiger partial charge in [0.15, 0.2) is 6.29 Å². The first-order valence-corrected chi connectivity index (χ1v) is 7.41. The van der Waals surface area contributed by atoms with Crippen molar-refractivity contribution in [2.24, 2.45) is 5.92 Å². The van der Waals surface area contributed by atoms with Crippen LogP contribution >= 0.6 is 15.9 Å². The molecule has 1 aliphatic heterocycles. The summed E-state index contributed by atoms with van der Waals surface area (Å²) in [6.07, 6.45) is 0.991. The Morgan fingerprint density at radius 3 is 2.14 bits per heavy atom. The van der Waals surface area contributed by atoms with Crippen molar-refractivity contribution in [3.63, 3.8) is 0 Å². The zero-order valence-corrected chi connectivity index (χ0v) is 12.9. The fourth-order valence-corrected chi connectivity index (χ4v) is 2.69. The average Bonchev–Trinajstić information content (AvgIpc) is 2.37. The second kappa shape index (κ2) is 6.62. The third-order valence-corrected chi connectivity index (χ3v) is 3.68. The van der Waals surface area contributed by atoms with E-state index in [0.29, 0.717) is 13.2 Å². The third kappa shape index (κ3) is 3.96. The first kappa shape index (κ1) is 16.7. The lowest BCUT2D eigenvalue weighted by Crippen LogP contribution is -2.27. The molecule has 0 aliphatic carbocycles. The van der Waals surface area contributed by atoms with E-state index in [1.807, 2.05) is 22.9 Å². The highest BCUT2D eigenvalue weighted by molar-refractivity contribution is 9.09. The summed E-state index contributed by atoms with van der Waals surface area (Å²) in [5.74, 6) is -2.43. The first-order valence-electron chi connectivity index (χ1n) is 6.62. The number of alkyl halides is 3. The van der Waals surface area contributed by atoms with Crippen molar-refractivity contribution in [3.05, 3.63) is 34.9 Å². The summed E-state index contributed by atoms with van der Waals surface area (Å²) < 4.78 is 64.3. The predicted octanol–water partition coefficient (Wildman–Crippen LogP) is 4.87. The molecule has 2 rings (SSSR count). The molecule has 0 saturated carbocycles. The second-order valence-corrected chi connectivity index (χ2v) is 6.01. The van der Waals surface area contributed by atoms with Gasteiger partial charge in [-0.2, -0.15) is 8.78 Å². The average molecular weight is 371 g/mol. The van der Waals surface area contributed by atoms with Crippen molar-refractivity contribution in [2.45, 2.75) is 30.9 Å². The Morgan fingerprint density at radius 1 is 1.19 bits per heavy atom. The largest absolute Gasteiger partial charge is 0.348 e. The van der Waals surface area contributed by atoms with Gasteiger partial charge in [0.2, 0.25) is 0 Å². The Morgan fingerprint density at radius 2 is 1.71 bits per heavy atom. The first-order chi connectivity index (χ1) is 9.82. The molecule has 0 bridgehead atoms. The van der Waals surface area contributed by atoms with Crippen molar-refractivity contribution < 1.29 is 27.0 Å². The summed E-state index contributed by atoms with van der Waals surface area (Å²) in [6.45, 7) is 2.87. The van der Waals surface area contributed by atoms with E-state index in [9.17, 15) is 17.6 Å². The molecule has 0 spiro atoms. The monoisotopic (exact) mass is 370 g/mol. The molecular formula is C14H15BrF4O2. The summed E-state index contributed by atoms with van der Waals surface area (Å²) in [5.41, 5.74) is -1.26. The van der Waals surface area contributed by atoms with E-state index < -0.39 is 28.3 Å². The van der Waals surface area contributed by atoms with Gasteiger partial charge in [-0.1, -0.05) is 13.3 Å². The molecule has 0 aromatic heterocycles. The molecule has 118 valence electrons. The molecule has 0 unspecified atom stereocenters. The molecule has 1 aromatic rings. The molecule has 1 fully saturated rings. The molecule has 1 aliphatic rings. The number of rotatable bonds is 4. The molecule has 1 heterocycles. The summed E-state index contributed by atoms with van der Waals surface area (Å²) >= 11 is 1.96. The van der Waals surface area contributed by atoms with Gasteiger partial charge in [-0.25, -0.2) is 8.78 Å². The molecule has 2 nitrogen and oxygen atoms in total. The quantitative estimate of drug-likeness (QED) is 0.555. The number of benzene rings is 1. The summed E-state index contributed by atoms with van der Waals surface area (Å²) in [4.78, 5) is -3.76. The Bertz CT molecular complexity index is 473. The van der Waals surface area contributed by atoms with Crippen molar-refractivity contribution in [1.82, 2.24) is 0 Å². The fraction of sp³-hybridized carbons (Fsp3) is 0.571. The molecule has 0 radical (unpaired) electrons. The Balaban J connectivity index is 2.16. The van der Waals surface area contributed by atoms with Crippen LogP contribution in [-0.4, -0.2) is 13.2 Å². The molecule has 1 aromatic carbocycles. The molecule has 0 atom stereocenters. The Labute approximate surface area is 128 Å². The van der Waals surface area contributed by atoms with Crippen LogP contribution in [-0.2, 0) is 14.3 Å². The lowest BCUT2D eigenvalue weighted by Gasteiger charge is -2.29. The predicted molar refractivity (Wildman–Crippen MR) is 72.2 cm³/mol. The number of ether oxygens (including phenoxy) is 2. The van der Waals surface area contributed by atoms with Crippen LogP contribution < -0.4 is 0 Å². The van der Waals surface area contributed by atoms with E-state index in [0.717, 1.165) is 25.0 Å². The zero-order valence-electron chi connectivity index (χ0n) is 11.3. The van der Waals surface area contributed by atoms with E-state index in [1.54, 1.807) is 0 Å². The summed E-state index contributed by atoms with van der Waals surface area (Å²) in [5, 5.41) is 0. The van der Waals surface area contributed by atoms with Crippen LogP contribution in [0.15, 0.2) is 12.1 Å². The minimum atomic E-state index is -3.76. The van der Waals surface area contributed by atoms with Crippen LogP contribution in [0.25, 0.3) is 0 Å². The molecule has 1 saturated heterocycles. The van der Waals surface area contributed by atoms with Gasteiger partial charge in [-0.3, -0.25) is 0 Å². The lowest BCUT2D eigenvalue weighted by atomic mass is 10.0. The van der Waals surface area contributed by atoms with Crippen molar-refractivity contribution in [1.29, 1.82) is 0 Å². The van der Waals surface area contributed by atoms with E-state index in [4.69, 9.17) is 9.47 Å². The summed E-state index contributed by atoms with van der Waals surface area (Å²) in [6, 6.07) is 1.64. The molecule has 7 heteroatoms. The van der Waals surface area contributed by atoms with Gasteiger partial charge in [-0.05, 0) is 34.5 Å². The zero-order chi connectivity index (χ0) is 15.6. The Hall–Kier alpha value is -0.660. The second-order valence-electron chi connectivity index (χ2n) is 5.01. The highest BCUT2D eigenvalue weighted by Gasteiger charge is 2.36. The standard InChI is InChI=1S/C14H15BrF4O2/c1-2-3-8-6-20-13(21-7-8)9-4-10(16)12(11(17)5-9)14(15,18)19/h4-5,8,13H,2-3,6-7H2,1H3. The highest BCUT2D eigenvalue weighted by atomic mass is 79.9. The van der Waals surface area contributed by atoms with Crippen molar-refractivity contribution in [3.8, 4) is 0 Å². The van der Waals surface area contributed by atoms with Crippen LogP contribution in [0.5, 0.6) is 0 Å². The van der Waals surface area contributed by atoms with Gasteiger partial charge >= 0.3 is 4.83 Å². The molecule has 0 N–H and O–H groups in total. The number of hydrogen-bond donors (Lipinski definition) is 0. The van der Waals surface area contributed by atoms with Crippen LogP contribution in [0.4, 0.5) is 17.6 Å². The van der Waals surface area contributed by atoms with Crippen LogP contribution in [0.2, 0.25) is 0 Å². The van der Waals surface area contributed by atoms with Crippen LogP contribution in [0.3, 0.4) is 0 Å². The van der Waals surface area contributed by atoms with Crippen LogP contribution in [0, 0.1) is 17.6 Å². The van der Waals surface area contributed by atoms with Gasteiger partial charge in [0.1, 0.15) is 17.2 Å². The maximum absolute atomic E-state index is 13.7. The number of halogens is 5. The van der Waals surface area contributed by atoms with Gasteiger partial charge in [-0.15, -0.1) is 0 Å². The smallest absolute Gasteiger partial charge is 0.332 e. The fourth-order valence-electron chi connectivity index (χ4n) is 2.31. The molecule has 0 amide bonds. The van der Waals surface area contributed by atoms with Gasteiger partial charge in [0.25, 0.3) is 0 Å². The third-order valence-electron chi connectivity index (χ3n) is 3.28. The highest BCUT2D eigenvalue weighted by Crippen LogP contribution is 2.39. The molecular weight excluding hydrogens is 356 g/mol. The number of hydrogen-bond acceptors (Lipinski definition) is 2. The van der Waals surface area contributed by atoms with Crippen LogP contribution in [0.1, 0.15) is 37.2 Å². The van der Waals surface area contributed by atoms with E-state index >= 15 is 0 Å². The summed E-state index contributed by atoms with van der Waals surface area (Å²) in [7, 11) is 0. The van der Waals surface area contributed by atoms with Gasteiger partial charge in [0, 0.05) is 11.5 Å². The van der Waals surface area contributed by atoms with Crippen molar-refractivity contribution >= 4 is 15.9 Å². The van der Waals surface area contributed by atoms with Gasteiger partial charge < -0.3 is 9.47 Å². The lowest BCUT2D eigenvalue weighted by molar-refractivity contribution is -0.206. The van der Waals surface area contributed by atoms with E-state index in [1.165, 1.54) is 0 Å². The van der Waals surface area contributed by atoms with Gasteiger partial charge in [0.05, 0.1) is 13.2 Å². The minimum absolute atomic E-state index is 0.0560.